The first-order valence-electron chi connectivity index (χ1n) is 6.00. The first kappa shape index (κ1) is 11.3. The summed E-state index contributed by atoms with van der Waals surface area (Å²) in [5, 5.41) is 11.8. The summed E-state index contributed by atoms with van der Waals surface area (Å²) < 4.78 is 0. The molecule has 0 aromatic carbocycles. The molecule has 4 nitrogen and oxygen atoms in total. The lowest BCUT2D eigenvalue weighted by Gasteiger charge is -2.19. The van der Waals surface area contributed by atoms with Crippen LogP contribution in [0.25, 0.3) is 0 Å². The zero-order valence-corrected chi connectivity index (χ0v) is 10.1. The number of aryl methyl sites for hydroxylation is 1. The summed E-state index contributed by atoms with van der Waals surface area (Å²) in [6, 6.07) is 4.73. The average molecular weight is 220 g/mol. The lowest BCUT2D eigenvalue weighted by molar-refractivity contribution is 0.557. The highest BCUT2D eigenvalue weighted by atomic mass is 15.2. The summed E-state index contributed by atoms with van der Waals surface area (Å²) in [6.07, 6.45) is 3.82. The van der Waals surface area contributed by atoms with Crippen LogP contribution in [0, 0.1) is 6.92 Å². The van der Waals surface area contributed by atoms with Crippen molar-refractivity contribution in [3.63, 3.8) is 0 Å². The monoisotopic (exact) mass is 220 g/mol. The Morgan fingerprint density at radius 1 is 1.44 bits per heavy atom. The fraction of sp³-hybridized carbons (Fsp3) is 0.667. The Balaban J connectivity index is 1.82. The van der Waals surface area contributed by atoms with Crippen molar-refractivity contribution in [1.29, 1.82) is 0 Å². The number of nitrogens with one attached hydrogen (secondary N) is 1. The highest BCUT2D eigenvalue weighted by Gasteiger charge is 2.14. The topological polar surface area (TPSA) is 41.0 Å². The van der Waals surface area contributed by atoms with E-state index < -0.39 is 0 Å². The fourth-order valence-electron chi connectivity index (χ4n) is 2.06. The third-order valence-corrected chi connectivity index (χ3v) is 3.15. The highest BCUT2D eigenvalue weighted by molar-refractivity contribution is 5.35. The lowest BCUT2D eigenvalue weighted by atomic mass is 10.1. The van der Waals surface area contributed by atoms with Crippen LogP contribution < -0.4 is 10.2 Å². The van der Waals surface area contributed by atoms with Gasteiger partial charge in [-0.3, -0.25) is 0 Å². The van der Waals surface area contributed by atoms with Crippen molar-refractivity contribution in [3.8, 4) is 0 Å². The molecule has 0 bridgehead atoms. The number of rotatable bonds is 4. The van der Waals surface area contributed by atoms with Gasteiger partial charge in [-0.2, -0.15) is 5.10 Å². The van der Waals surface area contributed by atoms with Crippen molar-refractivity contribution in [3.05, 3.63) is 17.8 Å². The van der Waals surface area contributed by atoms with Crippen molar-refractivity contribution in [2.24, 2.45) is 0 Å². The predicted octanol–water partition coefficient (Wildman–Crippen LogP) is 1.36. The van der Waals surface area contributed by atoms with Crippen LogP contribution in [0.4, 0.5) is 5.82 Å². The van der Waals surface area contributed by atoms with Crippen LogP contribution in [-0.4, -0.2) is 36.4 Å². The van der Waals surface area contributed by atoms with Gasteiger partial charge in [0.05, 0.1) is 5.69 Å². The molecule has 2 heterocycles. The van der Waals surface area contributed by atoms with Gasteiger partial charge in [-0.25, -0.2) is 0 Å². The van der Waals surface area contributed by atoms with Crippen LogP contribution in [0.1, 0.15) is 25.0 Å². The van der Waals surface area contributed by atoms with Gasteiger partial charge >= 0.3 is 0 Å². The summed E-state index contributed by atoms with van der Waals surface area (Å²) >= 11 is 0. The molecule has 1 atom stereocenters. The number of aromatic nitrogens is 2. The molecule has 1 N–H and O–H groups in total. The van der Waals surface area contributed by atoms with E-state index in [0.29, 0.717) is 6.04 Å². The van der Waals surface area contributed by atoms with Gasteiger partial charge in [-0.05, 0) is 44.9 Å². The third kappa shape index (κ3) is 2.92. The molecule has 1 aliphatic rings. The second-order valence-corrected chi connectivity index (χ2v) is 4.54. The van der Waals surface area contributed by atoms with Crippen molar-refractivity contribution < 1.29 is 0 Å². The fourth-order valence-corrected chi connectivity index (χ4v) is 2.06. The Kier molecular flexibility index (Phi) is 3.72. The maximum Gasteiger partial charge on any atom is 0.150 e. The molecule has 1 aromatic heterocycles. The minimum atomic E-state index is 0.695. The number of hydrogen-bond donors (Lipinski definition) is 1. The van der Waals surface area contributed by atoms with E-state index in [0.717, 1.165) is 18.1 Å². The number of anilines is 1. The van der Waals surface area contributed by atoms with Gasteiger partial charge in [0.1, 0.15) is 0 Å². The second kappa shape index (κ2) is 5.25. The summed E-state index contributed by atoms with van der Waals surface area (Å²) in [4.78, 5) is 2.17. The van der Waals surface area contributed by atoms with Gasteiger partial charge in [0.25, 0.3) is 0 Å². The summed E-state index contributed by atoms with van der Waals surface area (Å²) in [5.74, 6) is 0.962. The number of hydrogen-bond acceptors (Lipinski definition) is 4. The lowest BCUT2D eigenvalue weighted by Crippen LogP contribution is -2.28. The van der Waals surface area contributed by atoms with E-state index in [1.54, 1.807) is 0 Å². The van der Waals surface area contributed by atoms with Crippen LogP contribution in [0.15, 0.2) is 12.1 Å². The molecular formula is C12H20N4. The standard InChI is InChI=1S/C12H20N4/c1-10-5-6-12(15-14-10)16(2)9-7-11-4-3-8-13-11/h5-6,11,13H,3-4,7-9H2,1-2H3. The molecule has 0 radical (unpaired) electrons. The largest absolute Gasteiger partial charge is 0.358 e. The van der Waals surface area contributed by atoms with Crippen molar-refractivity contribution in [2.45, 2.75) is 32.2 Å². The van der Waals surface area contributed by atoms with Crippen LogP contribution in [0.2, 0.25) is 0 Å². The van der Waals surface area contributed by atoms with E-state index in [4.69, 9.17) is 0 Å². The molecule has 0 saturated carbocycles. The molecule has 0 aliphatic carbocycles. The van der Waals surface area contributed by atoms with Crippen LogP contribution in [0.5, 0.6) is 0 Å². The smallest absolute Gasteiger partial charge is 0.150 e. The van der Waals surface area contributed by atoms with Crippen LogP contribution in [0.3, 0.4) is 0 Å². The van der Waals surface area contributed by atoms with E-state index in [1.165, 1.54) is 25.8 Å². The van der Waals surface area contributed by atoms with E-state index in [1.807, 2.05) is 19.1 Å². The molecular weight excluding hydrogens is 200 g/mol. The van der Waals surface area contributed by atoms with Gasteiger partial charge in [0, 0.05) is 19.6 Å². The highest BCUT2D eigenvalue weighted by Crippen LogP contribution is 2.12. The summed E-state index contributed by atoms with van der Waals surface area (Å²) in [5.41, 5.74) is 0.967. The number of nitrogens with zero attached hydrogens (tertiary/aromatic N) is 3. The maximum absolute atomic E-state index is 4.18. The molecule has 0 spiro atoms. The average Bonchev–Trinajstić information content (AvgIpc) is 2.80. The molecule has 0 amide bonds. The van der Waals surface area contributed by atoms with Crippen molar-refractivity contribution in [1.82, 2.24) is 15.5 Å². The second-order valence-electron chi connectivity index (χ2n) is 4.54. The maximum atomic E-state index is 4.18. The van der Waals surface area contributed by atoms with Gasteiger partial charge in [-0.1, -0.05) is 0 Å². The van der Waals surface area contributed by atoms with E-state index >= 15 is 0 Å². The van der Waals surface area contributed by atoms with Gasteiger partial charge in [-0.15, -0.1) is 5.10 Å². The Morgan fingerprint density at radius 2 is 2.31 bits per heavy atom. The third-order valence-electron chi connectivity index (χ3n) is 3.15. The minimum absolute atomic E-state index is 0.695. The first-order valence-corrected chi connectivity index (χ1v) is 6.00. The predicted molar refractivity (Wildman–Crippen MR) is 65.7 cm³/mol. The first-order chi connectivity index (χ1) is 7.75. The van der Waals surface area contributed by atoms with Crippen LogP contribution >= 0.6 is 0 Å². The Bertz CT molecular complexity index is 316. The van der Waals surface area contributed by atoms with Crippen LogP contribution in [-0.2, 0) is 0 Å². The molecule has 16 heavy (non-hydrogen) atoms. The van der Waals surface area contributed by atoms with Crippen molar-refractivity contribution >= 4 is 5.82 Å². The summed E-state index contributed by atoms with van der Waals surface area (Å²) in [6.45, 7) is 4.17. The molecule has 1 fully saturated rings. The zero-order chi connectivity index (χ0) is 11.4. The molecule has 1 unspecified atom stereocenters. The Hall–Kier alpha value is -1.16. The quantitative estimate of drug-likeness (QED) is 0.832. The zero-order valence-electron chi connectivity index (χ0n) is 10.1. The van der Waals surface area contributed by atoms with E-state index in [2.05, 4.69) is 27.5 Å². The molecule has 4 heteroatoms. The minimum Gasteiger partial charge on any atom is -0.358 e. The molecule has 88 valence electrons. The molecule has 1 saturated heterocycles. The Labute approximate surface area is 97.1 Å². The van der Waals surface area contributed by atoms with Gasteiger partial charge in [0.2, 0.25) is 0 Å². The van der Waals surface area contributed by atoms with Gasteiger partial charge in [0.15, 0.2) is 5.82 Å². The van der Waals surface area contributed by atoms with Gasteiger partial charge < -0.3 is 10.2 Å². The van der Waals surface area contributed by atoms with E-state index in [9.17, 15) is 0 Å². The summed E-state index contributed by atoms with van der Waals surface area (Å²) in [7, 11) is 2.08. The Morgan fingerprint density at radius 3 is 2.94 bits per heavy atom. The molecule has 1 aromatic rings. The molecule has 2 rings (SSSR count). The van der Waals surface area contributed by atoms with Crippen molar-refractivity contribution in [2.75, 3.05) is 25.0 Å². The van der Waals surface area contributed by atoms with E-state index in [-0.39, 0.29) is 0 Å². The SMILES string of the molecule is Cc1ccc(N(C)CCC2CCCN2)nn1. The molecule has 1 aliphatic heterocycles. The normalized spacial score (nSPS) is 20.0.